The van der Waals surface area contributed by atoms with Gasteiger partial charge in [0.25, 0.3) is 0 Å². The first kappa shape index (κ1) is 31.2. The molecule has 1 saturated heterocycles. The maximum absolute atomic E-state index is 12.6. The molecule has 3 fully saturated rings. The van der Waals surface area contributed by atoms with Gasteiger partial charge in [0.1, 0.15) is 11.6 Å². The van der Waals surface area contributed by atoms with Crippen LogP contribution in [0, 0.1) is 11.8 Å². The number of hydrogen-bond acceptors (Lipinski definition) is 7. The van der Waals surface area contributed by atoms with E-state index in [9.17, 15) is 4.79 Å². The first-order valence-corrected chi connectivity index (χ1v) is 15.9. The van der Waals surface area contributed by atoms with E-state index in [-0.39, 0.29) is 11.3 Å². The fraction of sp³-hybridized carbons (Fsp3) is 0.844. The SMILES string of the molecule is COCCc1cc(N2CCN(CCC3CCC(NC(=O)CC4CCC(OC)CC4)CC3)CC2)nc(C(C)(C)C)n1. The second kappa shape index (κ2) is 14.9. The molecule has 0 bridgehead atoms. The predicted molar refractivity (Wildman–Crippen MR) is 161 cm³/mol. The molecule has 2 saturated carbocycles. The Bertz CT molecular complexity index is 912. The Labute approximate surface area is 243 Å². The molecule has 0 aromatic carbocycles. The van der Waals surface area contributed by atoms with Crippen molar-refractivity contribution >= 4 is 11.7 Å². The van der Waals surface area contributed by atoms with Crippen molar-refractivity contribution in [1.82, 2.24) is 20.2 Å². The lowest BCUT2D eigenvalue weighted by atomic mass is 9.83. The maximum atomic E-state index is 12.6. The van der Waals surface area contributed by atoms with Crippen molar-refractivity contribution < 1.29 is 14.3 Å². The van der Waals surface area contributed by atoms with Gasteiger partial charge in [-0.05, 0) is 76.2 Å². The van der Waals surface area contributed by atoms with Crippen molar-refractivity contribution in [1.29, 1.82) is 0 Å². The number of nitrogens with zero attached hydrogens (tertiary/aromatic N) is 4. The van der Waals surface area contributed by atoms with E-state index in [1.54, 1.807) is 14.2 Å². The molecule has 1 aromatic rings. The van der Waals surface area contributed by atoms with E-state index in [2.05, 4.69) is 42.0 Å². The van der Waals surface area contributed by atoms with Crippen LogP contribution in [0.5, 0.6) is 0 Å². The van der Waals surface area contributed by atoms with Gasteiger partial charge in [0, 0.05) is 76.5 Å². The molecule has 2 aliphatic carbocycles. The van der Waals surface area contributed by atoms with Gasteiger partial charge in [-0.15, -0.1) is 0 Å². The number of piperazine rings is 1. The van der Waals surface area contributed by atoms with Crippen molar-refractivity contribution in [3.05, 3.63) is 17.6 Å². The third-order valence-electron chi connectivity index (χ3n) is 9.36. The molecule has 8 nitrogen and oxygen atoms in total. The molecule has 0 atom stereocenters. The lowest BCUT2D eigenvalue weighted by Crippen LogP contribution is -2.47. The minimum Gasteiger partial charge on any atom is -0.384 e. The highest BCUT2D eigenvalue weighted by atomic mass is 16.5. The van der Waals surface area contributed by atoms with Crippen molar-refractivity contribution in [3.63, 3.8) is 0 Å². The Morgan fingerprint density at radius 3 is 2.25 bits per heavy atom. The fourth-order valence-electron chi connectivity index (χ4n) is 6.60. The number of hydrogen-bond donors (Lipinski definition) is 1. The summed E-state index contributed by atoms with van der Waals surface area (Å²) in [6.45, 7) is 12.6. The molecular formula is C32H55N5O3. The van der Waals surface area contributed by atoms with Gasteiger partial charge in [-0.25, -0.2) is 9.97 Å². The van der Waals surface area contributed by atoms with Crippen LogP contribution in [0.3, 0.4) is 0 Å². The highest BCUT2D eigenvalue weighted by Gasteiger charge is 2.27. The maximum Gasteiger partial charge on any atom is 0.220 e. The number of nitrogens with one attached hydrogen (secondary N) is 1. The fourth-order valence-corrected chi connectivity index (χ4v) is 6.60. The van der Waals surface area contributed by atoms with Gasteiger partial charge < -0.3 is 19.7 Å². The summed E-state index contributed by atoms with van der Waals surface area (Å²) in [6.07, 6.45) is 12.4. The van der Waals surface area contributed by atoms with E-state index >= 15 is 0 Å². The number of carbonyl (C=O) groups is 1. The van der Waals surface area contributed by atoms with Gasteiger partial charge in [-0.3, -0.25) is 9.69 Å². The van der Waals surface area contributed by atoms with Gasteiger partial charge in [0.05, 0.1) is 12.7 Å². The van der Waals surface area contributed by atoms with E-state index < -0.39 is 0 Å². The van der Waals surface area contributed by atoms with E-state index in [1.807, 2.05) is 0 Å². The molecule has 1 N–H and O–H groups in total. The lowest BCUT2D eigenvalue weighted by Gasteiger charge is -2.37. The van der Waals surface area contributed by atoms with E-state index in [0.717, 1.165) is 94.4 Å². The Kier molecular flexibility index (Phi) is 11.6. The highest BCUT2D eigenvalue weighted by molar-refractivity contribution is 5.76. The Balaban J connectivity index is 1.14. The van der Waals surface area contributed by atoms with Gasteiger partial charge in [-0.1, -0.05) is 20.8 Å². The van der Waals surface area contributed by atoms with Crippen LogP contribution in [0.2, 0.25) is 0 Å². The first-order chi connectivity index (χ1) is 19.2. The summed E-state index contributed by atoms with van der Waals surface area (Å²) in [4.78, 5) is 27.5. The van der Waals surface area contributed by atoms with Crippen LogP contribution in [0.15, 0.2) is 6.07 Å². The number of amides is 1. The third kappa shape index (κ3) is 9.38. The minimum absolute atomic E-state index is 0.0783. The number of carbonyl (C=O) groups excluding carboxylic acids is 1. The van der Waals surface area contributed by atoms with Gasteiger partial charge in [0.2, 0.25) is 5.91 Å². The van der Waals surface area contributed by atoms with Crippen LogP contribution in [0.1, 0.15) is 96.5 Å². The molecule has 226 valence electrons. The lowest BCUT2D eigenvalue weighted by molar-refractivity contribution is -0.123. The van der Waals surface area contributed by atoms with Crippen molar-refractivity contribution in [2.24, 2.45) is 11.8 Å². The quantitative estimate of drug-likeness (QED) is 0.421. The molecule has 4 rings (SSSR count). The Morgan fingerprint density at radius 2 is 1.62 bits per heavy atom. The predicted octanol–water partition coefficient (Wildman–Crippen LogP) is 4.75. The van der Waals surface area contributed by atoms with E-state index in [0.29, 0.717) is 31.1 Å². The van der Waals surface area contributed by atoms with Crippen LogP contribution >= 0.6 is 0 Å². The summed E-state index contributed by atoms with van der Waals surface area (Å²) in [5.41, 5.74) is 0.991. The van der Waals surface area contributed by atoms with Crippen LogP contribution in [0.4, 0.5) is 5.82 Å². The van der Waals surface area contributed by atoms with Crippen molar-refractivity contribution in [3.8, 4) is 0 Å². The normalized spacial score (nSPS) is 26.6. The Hall–Kier alpha value is -1.77. The van der Waals surface area contributed by atoms with Gasteiger partial charge in [0.15, 0.2) is 0 Å². The van der Waals surface area contributed by atoms with Crippen LogP contribution in [0.25, 0.3) is 0 Å². The van der Waals surface area contributed by atoms with Gasteiger partial charge in [-0.2, -0.15) is 0 Å². The van der Waals surface area contributed by atoms with Crippen LogP contribution in [-0.4, -0.2) is 86.5 Å². The summed E-state index contributed by atoms with van der Waals surface area (Å²) < 4.78 is 10.8. The topological polar surface area (TPSA) is 79.8 Å². The molecule has 0 spiro atoms. The number of ether oxygens (including phenoxy) is 2. The van der Waals surface area contributed by atoms with Crippen LogP contribution < -0.4 is 10.2 Å². The largest absolute Gasteiger partial charge is 0.384 e. The molecule has 0 radical (unpaired) electrons. The highest BCUT2D eigenvalue weighted by Crippen LogP contribution is 2.30. The number of methoxy groups -OCH3 is 2. The second-order valence-corrected chi connectivity index (χ2v) is 13.5. The summed E-state index contributed by atoms with van der Waals surface area (Å²) >= 11 is 0. The number of aromatic nitrogens is 2. The summed E-state index contributed by atoms with van der Waals surface area (Å²) in [5.74, 6) is 3.57. The minimum atomic E-state index is -0.0783. The average Bonchev–Trinajstić information content (AvgIpc) is 2.96. The molecule has 8 heteroatoms. The zero-order valence-corrected chi connectivity index (χ0v) is 25.9. The first-order valence-electron chi connectivity index (χ1n) is 15.9. The van der Waals surface area contributed by atoms with E-state index in [4.69, 9.17) is 19.4 Å². The smallest absolute Gasteiger partial charge is 0.220 e. The average molecular weight is 558 g/mol. The summed E-state index contributed by atoms with van der Waals surface area (Å²) in [6, 6.07) is 2.54. The van der Waals surface area contributed by atoms with Crippen molar-refractivity contribution in [2.75, 3.05) is 58.5 Å². The molecule has 0 unspecified atom stereocenters. The zero-order chi connectivity index (χ0) is 28.5. The van der Waals surface area contributed by atoms with Gasteiger partial charge >= 0.3 is 0 Å². The zero-order valence-electron chi connectivity index (χ0n) is 25.9. The molecular weight excluding hydrogens is 502 g/mol. The van der Waals surface area contributed by atoms with Crippen molar-refractivity contribution in [2.45, 2.75) is 109 Å². The summed E-state index contributed by atoms with van der Waals surface area (Å²) in [7, 11) is 3.55. The van der Waals surface area contributed by atoms with Crippen LogP contribution in [-0.2, 0) is 26.1 Å². The van der Waals surface area contributed by atoms with E-state index in [1.165, 1.54) is 25.8 Å². The second-order valence-electron chi connectivity index (χ2n) is 13.5. The molecule has 2 heterocycles. The standard InChI is InChI=1S/C32H55N5O3/c1-32(2,3)31-34-27(15-21-39-4)23-29(35-31)37-19-17-36(18-20-37)16-14-24-6-10-26(11-7-24)33-30(38)22-25-8-12-28(40-5)13-9-25/h23-26,28H,6-22H2,1-5H3,(H,33,38). The molecule has 3 aliphatic rings. The molecule has 1 aromatic heterocycles. The molecule has 1 aliphatic heterocycles. The third-order valence-corrected chi connectivity index (χ3v) is 9.36. The monoisotopic (exact) mass is 557 g/mol. The Morgan fingerprint density at radius 1 is 0.950 bits per heavy atom. The molecule has 40 heavy (non-hydrogen) atoms. The number of anilines is 1. The molecule has 1 amide bonds. The number of rotatable bonds is 11. The summed E-state index contributed by atoms with van der Waals surface area (Å²) in [5, 5.41) is 3.36.